The minimum absolute atomic E-state index is 0.132. The van der Waals surface area contributed by atoms with Gasteiger partial charge in [-0.2, -0.15) is 0 Å². The van der Waals surface area contributed by atoms with Crippen LogP contribution in [0.3, 0.4) is 0 Å². The summed E-state index contributed by atoms with van der Waals surface area (Å²) in [5.74, 6) is -0.151. The maximum absolute atomic E-state index is 11.6. The lowest BCUT2D eigenvalue weighted by Gasteiger charge is -2.11. The molecule has 0 fully saturated rings. The number of rotatable bonds is 6. The van der Waals surface area contributed by atoms with Crippen molar-refractivity contribution in [2.45, 2.75) is 32.2 Å². The molecular formula is C13H20N2O2. The highest BCUT2D eigenvalue weighted by molar-refractivity contribution is 5.94. The maximum Gasteiger partial charge on any atom is 0.241 e. The van der Waals surface area contributed by atoms with Crippen LogP contribution in [0.15, 0.2) is 24.3 Å². The number of anilines is 1. The zero-order valence-corrected chi connectivity index (χ0v) is 10.1. The Morgan fingerprint density at radius 3 is 2.59 bits per heavy atom. The first kappa shape index (κ1) is 13.7. The van der Waals surface area contributed by atoms with Crippen molar-refractivity contribution in [3.63, 3.8) is 0 Å². The monoisotopic (exact) mass is 236 g/mol. The van der Waals surface area contributed by atoms with Crippen LogP contribution in [-0.4, -0.2) is 23.7 Å². The lowest BCUT2D eigenvalue weighted by molar-refractivity contribution is -0.117. The topological polar surface area (TPSA) is 75.4 Å². The highest BCUT2D eigenvalue weighted by Crippen LogP contribution is 2.10. The third-order valence-electron chi connectivity index (χ3n) is 2.56. The highest BCUT2D eigenvalue weighted by atomic mass is 16.2. The summed E-state index contributed by atoms with van der Waals surface area (Å²) >= 11 is 0. The molecule has 1 amide bonds. The predicted octanol–water partition coefficient (Wildman–Crippen LogP) is 1.29. The highest BCUT2D eigenvalue weighted by Gasteiger charge is 2.11. The van der Waals surface area contributed by atoms with Crippen LogP contribution in [0.2, 0.25) is 0 Å². The summed E-state index contributed by atoms with van der Waals surface area (Å²) in [6, 6.07) is 6.97. The average Bonchev–Trinajstić information content (AvgIpc) is 2.32. The molecule has 0 aromatic heterocycles. The van der Waals surface area contributed by atoms with E-state index in [0.29, 0.717) is 12.8 Å². The van der Waals surface area contributed by atoms with Crippen molar-refractivity contribution >= 4 is 11.6 Å². The van der Waals surface area contributed by atoms with Gasteiger partial charge in [0.2, 0.25) is 5.91 Å². The summed E-state index contributed by atoms with van der Waals surface area (Å²) in [6.07, 6.45) is 2.21. The van der Waals surface area contributed by atoms with Gasteiger partial charge in [-0.3, -0.25) is 4.79 Å². The van der Waals surface area contributed by atoms with E-state index < -0.39 is 6.04 Å². The Hall–Kier alpha value is -1.39. The molecule has 1 aromatic rings. The van der Waals surface area contributed by atoms with Crippen LogP contribution in [0, 0.1) is 0 Å². The van der Waals surface area contributed by atoms with Crippen LogP contribution in [0.4, 0.5) is 5.69 Å². The van der Waals surface area contributed by atoms with Gasteiger partial charge in [0.25, 0.3) is 0 Å². The molecule has 4 nitrogen and oxygen atoms in total. The Balaban J connectivity index is 2.53. The maximum atomic E-state index is 11.6. The smallest absolute Gasteiger partial charge is 0.241 e. The van der Waals surface area contributed by atoms with E-state index in [4.69, 9.17) is 10.8 Å². The summed E-state index contributed by atoms with van der Waals surface area (Å²) in [6.45, 7) is 2.13. The molecule has 0 radical (unpaired) electrons. The average molecular weight is 236 g/mol. The predicted molar refractivity (Wildman–Crippen MR) is 68.7 cm³/mol. The second-order valence-corrected chi connectivity index (χ2v) is 4.05. The molecule has 0 saturated carbocycles. The summed E-state index contributed by atoms with van der Waals surface area (Å²) in [5, 5.41) is 11.5. The molecule has 0 bridgehead atoms. The minimum Gasteiger partial charge on any atom is -0.396 e. The Bertz CT molecular complexity index is 349. The first-order valence-corrected chi connectivity index (χ1v) is 5.93. The van der Waals surface area contributed by atoms with E-state index in [2.05, 4.69) is 5.32 Å². The van der Waals surface area contributed by atoms with Gasteiger partial charge in [-0.05, 0) is 30.5 Å². The van der Waals surface area contributed by atoms with Crippen molar-refractivity contribution in [2.24, 2.45) is 5.73 Å². The van der Waals surface area contributed by atoms with Crippen molar-refractivity contribution in [1.82, 2.24) is 0 Å². The quantitative estimate of drug-likeness (QED) is 0.696. The van der Waals surface area contributed by atoms with E-state index in [0.717, 1.165) is 17.7 Å². The molecule has 1 aromatic carbocycles. The van der Waals surface area contributed by atoms with Gasteiger partial charge in [0.15, 0.2) is 0 Å². The zero-order valence-electron chi connectivity index (χ0n) is 10.1. The van der Waals surface area contributed by atoms with Gasteiger partial charge in [-0.1, -0.05) is 25.5 Å². The lowest BCUT2D eigenvalue weighted by atomic mass is 10.1. The Morgan fingerprint density at radius 2 is 2.06 bits per heavy atom. The molecule has 17 heavy (non-hydrogen) atoms. The third kappa shape index (κ3) is 4.54. The fourth-order valence-corrected chi connectivity index (χ4v) is 1.56. The number of aliphatic hydroxyl groups is 1. The van der Waals surface area contributed by atoms with E-state index in [1.807, 2.05) is 31.2 Å². The number of hydrogen-bond donors (Lipinski definition) is 3. The Morgan fingerprint density at radius 1 is 1.41 bits per heavy atom. The number of aliphatic hydroxyl groups excluding tert-OH is 1. The molecular weight excluding hydrogens is 216 g/mol. The van der Waals surface area contributed by atoms with Gasteiger partial charge in [0, 0.05) is 12.3 Å². The molecule has 4 heteroatoms. The van der Waals surface area contributed by atoms with Crippen LogP contribution in [0.25, 0.3) is 0 Å². The van der Waals surface area contributed by atoms with Crippen molar-refractivity contribution in [2.75, 3.05) is 11.9 Å². The van der Waals surface area contributed by atoms with Crippen molar-refractivity contribution < 1.29 is 9.90 Å². The summed E-state index contributed by atoms with van der Waals surface area (Å²) in [5.41, 5.74) is 7.49. The van der Waals surface area contributed by atoms with Crippen LogP contribution in [-0.2, 0) is 11.2 Å². The number of amides is 1. The lowest BCUT2D eigenvalue weighted by Crippen LogP contribution is -2.35. The largest absolute Gasteiger partial charge is 0.396 e. The van der Waals surface area contributed by atoms with Crippen LogP contribution >= 0.6 is 0 Å². The molecule has 4 N–H and O–H groups in total. The second kappa shape index (κ2) is 7.04. The fraction of sp³-hybridized carbons (Fsp3) is 0.462. The van der Waals surface area contributed by atoms with Gasteiger partial charge in [-0.25, -0.2) is 0 Å². The molecule has 1 atom stereocenters. The second-order valence-electron chi connectivity index (χ2n) is 4.05. The number of hydrogen-bond acceptors (Lipinski definition) is 3. The molecule has 0 saturated heterocycles. The van der Waals surface area contributed by atoms with Crippen molar-refractivity contribution in [1.29, 1.82) is 0 Å². The molecule has 0 aliphatic carbocycles. The molecule has 94 valence electrons. The first-order chi connectivity index (χ1) is 8.17. The Kier molecular flexibility index (Phi) is 5.66. The standard InChI is InChI=1S/C13H20N2O2/c1-2-3-12(14)13(17)15-11-6-4-10(5-7-11)8-9-16/h4-7,12,16H,2-3,8-9,14H2,1H3,(H,15,17)/t12-/m0/s1. The molecule has 0 heterocycles. The van der Waals surface area contributed by atoms with Crippen molar-refractivity contribution in [3.05, 3.63) is 29.8 Å². The SMILES string of the molecule is CCC[C@H](N)C(=O)Nc1ccc(CCO)cc1. The molecule has 0 aliphatic heterocycles. The van der Waals surface area contributed by atoms with E-state index in [1.165, 1.54) is 0 Å². The Labute approximate surface area is 102 Å². The van der Waals surface area contributed by atoms with Gasteiger partial charge in [0.1, 0.15) is 0 Å². The minimum atomic E-state index is -0.447. The van der Waals surface area contributed by atoms with E-state index in [1.54, 1.807) is 0 Å². The summed E-state index contributed by atoms with van der Waals surface area (Å²) < 4.78 is 0. The number of carbonyl (C=O) groups excluding carboxylic acids is 1. The van der Waals surface area contributed by atoms with Gasteiger partial charge in [-0.15, -0.1) is 0 Å². The van der Waals surface area contributed by atoms with E-state index in [9.17, 15) is 4.79 Å². The van der Waals surface area contributed by atoms with Crippen molar-refractivity contribution in [3.8, 4) is 0 Å². The van der Waals surface area contributed by atoms with Gasteiger partial charge >= 0.3 is 0 Å². The van der Waals surface area contributed by atoms with Gasteiger partial charge < -0.3 is 16.2 Å². The van der Waals surface area contributed by atoms with E-state index >= 15 is 0 Å². The fourth-order valence-electron chi connectivity index (χ4n) is 1.56. The summed E-state index contributed by atoms with van der Waals surface area (Å²) in [4.78, 5) is 11.6. The molecule has 0 unspecified atom stereocenters. The number of nitrogens with one attached hydrogen (secondary N) is 1. The number of benzene rings is 1. The summed E-state index contributed by atoms with van der Waals surface area (Å²) in [7, 11) is 0. The van der Waals surface area contributed by atoms with Gasteiger partial charge in [0.05, 0.1) is 6.04 Å². The first-order valence-electron chi connectivity index (χ1n) is 5.93. The molecule has 0 aliphatic rings. The number of carbonyl (C=O) groups is 1. The third-order valence-corrected chi connectivity index (χ3v) is 2.56. The molecule has 1 rings (SSSR count). The van der Waals surface area contributed by atoms with Crippen LogP contribution < -0.4 is 11.1 Å². The van der Waals surface area contributed by atoms with E-state index in [-0.39, 0.29) is 12.5 Å². The van der Waals surface area contributed by atoms with Crippen LogP contribution in [0.5, 0.6) is 0 Å². The molecule has 0 spiro atoms. The zero-order chi connectivity index (χ0) is 12.7. The van der Waals surface area contributed by atoms with Crippen LogP contribution in [0.1, 0.15) is 25.3 Å². The number of nitrogens with two attached hydrogens (primary N) is 1. The normalized spacial score (nSPS) is 12.2.